The molecule has 4 rings (SSSR count). The van der Waals surface area contributed by atoms with Crippen LogP contribution >= 0.6 is 0 Å². The number of methoxy groups -OCH3 is 1. The largest absolute Gasteiger partial charge is 0.467 e. The van der Waals surface area contributed by atoms with E-state index in [4.69, 9.17) is 14.2 Å². The standard InChI is InChI=1S/C25H25F4N5O4/c1-12(23(35)32-17-7-8-30-11-16(17)26)20-18(24-37-9-10-38-24)22(34-25(33-20)36-3)31-13(2)14-5-4-6-15(19(14)27)21(28)29/h4-8,11-13,21,24H,9-10H2,1-3H3,(H,30,32,35)(H,31,33,34)/t12?,13-/m1/s1. The number of aromatic nitrogens is 3. The van der Waals surface area contributed by atoms with Gasteiger partial charge in [-0.1, -0.05) is 18.2 Å². The first-order chi connectivity index (χ1) is 18.2. The number of rotatable bonds is 9. The fraction of sp³-hybridized carbons (Fsp3) is 0.360. The quantitative estimate of drug-likeness (QED) is 0.367. The number of amides is 1. The Hall–Kier alpha value is -3.84. The zero-order valence-corrected chi connectivity index (χ0v) is 20.7. The maximum atomic E-state index is 14.9. The van der Waals surface area contributed by atoms with E-state index in [-0.39, 0.29) is 47.6 Å². The van der Waals surface area contributed by atoms with Gasteiger partial charge in [0, 0.05) is 11.8 Å². The van der Waals surface area contributed by atoms with Crippen molar-refractivity contribution >= 4 is 17.4 Å². The Balaban J connectivity index is 1.74. The fourth-order valence-corrected chi connectivity index (χ4v) is 3.95. The molecule has 13 heteroatoms. The monoisotopic (exact) mass is 535 g/mol. The van der Waals surface area contributed by atoms with Gasteiger partial charge in [0.05, 0.1) is 61.0 Å². The topological polar surface area (TPSA) is 107 Å². The van der Waals surface area contributed by atoms with Crippen molar-refractivity contribution in [2.24, 2.45) is 0 Å². The molecule has 2 aromatic heterocycles. The summed E-state index contributed by atoms with van der Waals surface area (Å²) < 4.78 is 72.0. The highest BCUT2D eigenvalue weighted by atomic mass is 19.3. The average Bonchev–Trinajstić information content (AvgIpc) is 3.43. The molecule has 0 saturated carbocycles. The second-order valence-corrected chi connectivity index (χ2v) is 8.41. The van der Waals surface area contributed by atoms with Crippen LogP contribution in [0.15, 0.2) is 36.7 Å². The number of hydrogen-bond donors (Lipinski definition) is 2. The third-order valence-corrected chi connectivity index (χ3v) is 5.94. The molecule has 3 aromatic rings. The Kier molecular flexibility index (Phi) is 8.37. The molecule has 0 aliphatic carbocycles. The molecule has 1 unspecified atom stereocenters. The summed E-state index contributed by atoms with van der Waals surface area (Å²) in [5.74, 6) is -3.28. The number of benzene rings is 1. The predicted octanol–water partition coefficient (Wildman–Crippen LogP) is 5.06. The number of pyridine rings is 1. The number of halogens is 4. The van der Waals surface area contributed by atoms with Crippen LogP contribution in [-0.2, 0) is 14.3 Å². The zero-order valence-electron chi connectivity index (χ0n) is 20.7. The lowest BCUT2D eigenvalue weighted by Gasteiger charge is -2.24. The summed E-state index contributed by atoms with van der Waals surface area (Å²) in [4.78, 5) is 25.4. The summed E-state index contributed by atoms with van der Waals surface area (Å²) in [5, 5.41) is 5.50. The molecule has 0 bridgehead atoms. The second-order valence-electron chi connectivity index (χ2n) is 8.41. The van der Waals surface area contributed by atoms with E-state index in [2.05, 4.69) is 25.6 Å². The highest BCUT2D eigenvalue weighted by Crippen LogP contribution is 2.38. The first kappa shape index (κ1) is 27.2. The highest BCUT2D eigenvalue weighted by molar-refractivity contribution is 5.95. The van der Waals surface area contributed by atoms with Crippen molar-refractivity contribution in [3.8, 4) is 6.01 Å². The van der Waals surface area contributed by atoms with E-state index in [1.54, 1.807) is 6.92 Å². The van der Waals surface area contributed by atoms with Crippen LogP contribution in [-0.4, -0.2) is 41.2 Å². The van der Waals surface area contributed by atoms with E-state index < -0.39 is 47.8 Å². The number of anilines is 2. The summed E-state index contributed by atoms with van der Waals surface area (Å²) in [5.41, 5.74) is -0.451. The summed E-state index contributed by atoms with van der Waals surface area (Å²) >= 11 is 0. The molecule has 1 aliphatic rings. The third-order valence-electron chi connectivity index (χ3n) is 5.94. The smallest absolute Gasteiger partial charge is 0.318 e. The van der Waals surface area contributed by atoms with Crippen molar-refractivity contribution in [3.05, 3.63) is 70.7 Å². The van der Waals surface area contributed by atoms with Crippen LogP contribution in [0.4, 0.5) is 29.1 Å². The molecular weight excluding hydrogens is 510 g/mol. The van der Waals surface area contributed by atoms with Gasteiger partial charge in [-0.25, -0.2) is 17.6 Å². The number of alkyl halides is 2. The van der Waals surface area contributed by atoms with E-state index in [1.807, 2.05) is 0 Å². The predicted molar refractivity (Wildman–Crippen MR) is 128 cm³/mol. The van der Waals surface area contributed by atoms with E-state index >= 15 is 0 Å². The number of hydrogen-bond acceptors (Lipinski definition) is 8. The Bertz CT molecular complexity index is 1310. The van der Waals surface area contributed by atoms with Crippen LogP contribution in [0.25, 0.3) is 0 Å². The van der Waals surface area contributed by atoms with Crippen molar-refractivity contribution in [2.45, 2.75) is 38.5 Å². The van der Waals surface area contributed by atoms with Crippen LogP contribution in [0, 0.1) is 11.6 Å². The van der Waals surface area contributed by atoms with Crippen molar-refractivity contribution in [2.75, 3.05) is 31.0 Å². The van der Waals surface area contributed by atoms with Gasteiger partial charge in [0.15, 0.2) is 12.1 Å². The van der Waals surface area contributed by atoms with Gasteiger partial charge in [-0.15, -0.1) is 0 Å². The van der Waals surface area contributed by atoms with Crippen LogP contribution in [0.5, 0.6) is 6.01 Å². The summed E-state index contributed by atoms with van der Waals surface area (Å²) in [6.45, 7) is 3.59. The van der Waals surface area contributed by atoms with Crippen LogP contribution in [0.3, 0.4) is 0 Å². The van der Waals surface area contributed by atoms with Crippen molar-refractivity contribution in [3.63, 3.8) is 0 Å². The fourth-order valence-electron chi connectivity index (χ4n) is 3.95. The van der Waals surface area contributed by atoms with Gasteiger partial charge in [0.1, 0.15) is 11.6 Å². The third kappa shape index (κ3) is 5.68. The lowest BCUT2D eigenvalue weighted by atomic mass is 9.99. The normalized spacial score (nSPS) is 15.4. The van der Waals surface area contributed by atoms with Crippen molar-refractivity contribution < 1.29 is 36.6 Å². The first-order valence-corrected chi connectivity index (χ1v) is 11.6. The van der Waals surface area contributed by atoms with Gasteiger partial charge < -0.3 is 24.8 Å². The van der Waals surface area contributed by atoms with Gasteiger partial charge in [-0.3, -0.25) is 9.78 Å². The molecule has 1 aromatic carbocycles. The van der Waals surface area contributed by atoms with Crippen molar-refractivity contribution in [1.29, 1.82) is 0 Å². The Morgan fingerprint density at radius 3 is 2.47 bits per heavy atom. The molecule has 1 aliphatic heterocycles. The molecule has 1 fully saturated rings. The molecule has 38 heavy (non-hydrogen) atoms. The van der Waals surface area contributed by atoms with Crippen LogP contribution in [0.1, 0.15) is 60.9 Å². The molecule has 2 N–H and O–H groups in total. The summed E-state index contributed by atoms with van der Waals surface area (Å²) in [6.07, 6.45) is -1.69. The Morgan fingerprint density at radius 2 is 1.82 bits per heavy atom. The average molecular weight is 535 g/mol. The lowest BCUT2D eigenvalue weighted by Crippen LogP contribution is -2.24. The van der Waals surface area contributed by atoms with E-state index in [9.17, 15) is 22.4 Å². The minimum Gasteiger partial charge on any atom is -0.467 e. The number of carbonyl (C=O) groups excluding carboxylic acids is 1. The van der Waals surface area contributed by atoms with Gasteiger partial charge in [0.25, 0.3) is 6.43 Å². The molecule has 2 atom stereocenters. The van der Waals surface area contributed by atoms with Crippen LogP contribution < -0.4 is 15.4 Å². The zero-order chi connectivity index (χ0) is 27.4. The van der Waals surface area contributed by atoms with Gasteiger partial charge in [-0.2, -0.15) is 9.97 Å². The van der Waals surface area contributed by atoms with Gasteiger partial charge in [0.2, 0.25) is 5.91 Å². The molecule has 202 valence electrons. The molecule has 9 nitrogen and oxygen atoms in total. The highest BCUT2D eigenvalue weighted by Gasteiger charge is 2.33. The molecule has 1 saturated heterocycles. The summed E-state index contributed by atoms with van der Waals surface area (Å²) in [7, 11) is 1.32. The van der Waals surface area contributed by atoms with E-state index in [1.165, 1.54) is 38.4 Å². The number of nitrogens with zero attached hydrogens (tertiary/aromatic N) is 3. The number of nitrogens with one attached hydrogen (secondary N) is 2. The van der Waals surface area contributed by atoms with Gasteiger partial charge in [-0.05, 0) is 19.9 Å². The second kappa shape index (κ2) is 11.7. The molecule has 3 heterocycles. The maximum absolute atomic E-state index is 14.9. The maximum Gasteiger partial charge on any atom is 0.318 e. The first-order valence-electron chi connectivity index (χ1n) is 11.6. The minimum absolute atomic E-state index is 0.0277. The minimum atomic E-state index is -2.99. The molecule has 0 radical (unpaired) electrons. The molecule has 1 amide bonds. The van der Waals surface area contributed by atoms with Crippen LogP contribution in [0.2, 0.25) is 0 Å². The molecular formula is C25H25F4N5O4. The summed E-state index contributed by atoms with van der Waals surface area (Å²) in [6, 6.07) is 4.05. The van der Waals surface area contributed by atoms with E-state index in [0.29, 0.717) is 0 Å². The van der Waals surface area contributed by atoms with Gasteiger partial charge >= 0.3 is 6.01 Å². The van der Waals surface area contributed by atoms with Crippen molar-refractivity contribution in [1.82, 2.24) is 15.0 Å². The number of ether oxygens (including phenoxy) is 3. The Labute approximate surface area is 215 Å². The van der Waals surface area contributed by atoms with E-state index in [0.717, 1.165) is 12.3 Å². The number of carbonyl (C=O) groups is 1. The SMILES string of the molecule is COc1nc(N[C@H](C)c2cccc(C(F)F)c2F)c(C2OCCO2)c(C(C)C(=O)Nc2ccncc2F)n1. The Morgan fingerprint density at radius 1 is 1.11 bits per heavy atom. The molecule has 0 spiro atoms. The lowest BCUT2D eigenvalue weighted by molar-refractivity contribution is -0.117.